The van der Waals surface area contributed by atoms with Gasteiger partial charge in [-0.05, 0) is 30.7 Å². The Morgan fingerprint density at radius 3 is 2.57 bits per heavy atom. The first-order valence-corrected chi connectivity index (χ1v) is 8.34. The molecule has 28 heavy (non-hydrogen) atoms. The molecule has 2 N–H and O–H groups in total. The average molecular weight is 389 g/mol. The van der Waals surface area contributed by atoms with E-state index in [0.717, 1.165) is 6.07 Å². The van der Waals surface area contributed by atoms with E-state index in [4.69, 9.17) is 14.9 Å². The Kier molecular flexibility index (Phi) is 4.10. The van der Waals surface area contributed by atoms with Crippen LogP contribution in [0.2, 0.25) is 0 Å². The fourth-order valence-corrected chi connectivity index (χ4v) is 3.23. The van der Waals surface area contributed by atoms with Crippen molar-refractivity contribution in [3.63, 3.8) is 0 Å². The van der Waals surface area contributed by atoms with Crippen molar-refractivity contribution >= 4 is 11.9 Å². The van der Waals surface area contributed by atoms with Gasteiger partial charge >= 0.3 is 12.1 Å². The fraction of sp³-hybridized carbons (Fsp3) is 0.211. The number of benzene rings is 1. The molecule has 3 aromatic rings. The van der Waals surface area contributed by atoms with Crippen LogP contribution in [0.1, 0.15) is 39.0 Å². The molecule has 6 nitrogen and oxygen atoms in total. The van der Waals surface area contributed by atoms with E-state index in [0.29, 0.717) is 11.5 Å². The number of nitrogen functional groups attached to an aromatic ring is 1. The number of carbonyl (C=O) groups is 1. The maximum absolute atomic E-state index is 13.3. The number of hydrogen-bond donors (Lipinski definition) is 1. The summed E-state index contributed by atoms with van der Waals surface area (Å²) in [5.74, 6) is 0.0443. The Balaban J connectivity index is 1.78. The number of nitrogens with zero attached hydrogens (tertiary/aromatic N) is 2. The molecule has 1 aliphatic heterocycles. The summed E-state index contributed by atoms with van der Waals surface area (Å²) >= 11 is 0. The number of rotatable bonds is 3. The number of nitrogens with two attached hydrogens (primary N) is 1. The number of furan rings is 1. The summed E-state index contributed by atoms with van der Waals surface area (Å²) in [6.07, 6.45) is -5.73. The van der Waals surface area contributed by atoms with Gasteiger partial charge in [0.1, 0.15) is 28.8 Å². The maximum atomic E-state index is 13.3. The molecule has 0 radical (unpaired) electrons. The predicted molar refractivity (Wildman–Crippen MR) is 92.2 cm³/mol. The van der Waals surface area contributed by atoms with Gasteiger partial charge in [0, 0.05) is 6.42 Å². The van der Waals surface area contributed by atoms with Crippen molar-refractivity contribution in [3.05, 3.63) is 64.5 Å². The zero-order valence-electron chi connectivity index (χ0n) is 14.6. The number of ether oxygens (including phenoxy) is 1. The number of esters is 1. The van der Waals surface area contributed by atoms with Gasteiger partial charge in [-0.3, -0.25) is 0 Å². The fourth-order valence-electron chi connectivity index (χ4n) is 3.23. The molecule has 1 aromatic carbocycles. The minimum atomic E-state index is -4.52. The molecule has 1 aliphatic rings. The first kappa shape index (κ1) is 18.0. The van der Waals surface area contributed by atoms with E-state index in [1.807, 2.05) is 0 Å². The number of aromatic nitrogens is 2. The number of anilines is 1. The number of halogens is 3. The van der Waals surface area contributed by atoms with Gasteiger partial charge in [-0.15, -0.1) is 0 Å². The number of hydrogen-bond acceptors (Lipinski definition) is 6. The van der Waals surface area contributed by atoms with Gasteiger partial charge in [0.25, 0.3) is 0 Å². The van der Waals surface area contributed by atoms with Crippen LogP contribution in [0.25, 0.3) is 11.5 Å². The number of cyclic esters (lactones) is 1. The third kappa shape index (κ3) is 3.08. The van der Waals surface area contributed by atoms with Crippen LogP contribution >= 0.6 is 0 Å². The molecule has 0 saturated carbocycles. The van der Waals surface area contributed by atoms with Crippen LogP contribution < -0.4 is 5.73 Å². The van der Waals surface area contributed by atoms with Crippen molar-refractivity contribution in [1.29, 1.82) is 0 Å². The minimum Gasteiger partial charge on any atom is -0.460 e. The number of alkyl halides is 3. The molecule has 0 amide bonds. The molecule has 4 rings (SSSR count). The predicted octanol–water partition coefficient (Wildman–Crippen LogP) is 4.10. The Morgan fingerprint density at radius 1 is 1.14 bits per heavy atom. The highest BCUT2D eigenvalue weighted by Crippen LogP contribution is 2.40. The number of aryl methyl sites for hydroxylation is 1. The minimum absolute atomic E-state index is 0.00627. The third-order valence-electron chi connectivity index (χ3n) is 4.41. The van der Waals surface area contributed by atoms with Crippen LogP contribution in [-0.4, -0.2) is 15.9 Å². The SMILES string of the molecule is Cc1ccc(-c2nc(N)nc3c2C(=O)OC3Cc2ccccc2C(F)(F)F)o1. The summed E-state index contributed by atoms with van der Waals surface area (Å²) in [5, 5.41) is 0. The Morgan fingerprint density at radius 2 is 1.89 bits per heavy atom. The van der Waals surface area contributed by atoms with Gasteiger partial charge in [0.05, 0.1) is 5.56 Å². The highest BCUT2D eigenvalue weighted by molar-refractivity contribution is 5.99. The number of fused-ring (bicyclic) bond motifs is 1. The van der Waals surface area contributed by atoms with E-state index < -0.39 is 23.8 Å². The number of carbonyl (C=O) groups excluding carboxylic acids is 1. The van der Waals surface area contributed by atoms with Crippen molar-refractivity contribution in [2.75, 3.05) is 5.73 Å². The normalized spacial score (nSPS) is 16.1. The molecule has 0 spiro atoms. The summed E-state index contributed by atoms with van der Waals surface area (Å²) in [6, 6.07) is 8.44. The van der Waals surface area contributed by atoms with Gasteiger partial charge in [-0.25, -0.2) is 14.8 Å². The lowest BCUT2D eigenvalue weighted by Crippen LogP contribution is -2.13. The van der Waals surface area contributed by atoms with Gasteiger partial charge in [-0.2, -0.15) is 13.2 Å². The summed E-state index contributed by atoms with van der Waals surface area (Å²) < 4.78 is 50.7. The van der Waals surface area contributed by atoms with Crippen LogP contribution in [0.3, 0.4) is 0 Å². The molecule has 9 heteroatoms. The first-order valence-electron chi connectivity index (χ1n) is 8.34. The summed E-state index contributed by atoms with van der Waals surface area (Å²) in [4.78, 5) is 20.6. The van der Waals surface area contributed by atoms with Crippen molar-refractivity contribution in [2.45, 2.75) is 25.6 Å². The molecule has 3 heterocycles. The van der Waals surface area contributed by atoms with Crippen molar-refractivity contribution in [1.82, 2.24) is 9.97 Å². The molecule has 1 atom stereocenters. The Hall–Kier alpha value is -3.36. The molecule has 0 saturated heterocycles. The van der Waals surface area contributed by atoms with Gasteiger partial charge in [0.15, 0.2) is 5.76 Å². The van der Waals surface area contributed by atoms with E-state index in [1.165, 1.54) is 18.2 Å². The van der Waals surface area contributed by atoms with Crippen molar-refractivity contribution < 1.29 is 27.1 Å². The summed E-state index contributed by atoms with van der Waals surface area (Å²) in [5.41, 5.74) is 5.34. The van der Waals surface area contributed by atoms with Crippen LogP contribution in [0.5, 0.6) is 0 Å². The van der Waals surface area contributed by atoms with E-state index in [9.17, 15) is 18.0 Å². The second kappa shape index (κ2) is 6.36. The topological polar surface area (TPSA) is 91.2 Å². The molecular formula is C19H14F3N3O3. The highest BCUT2D eigenvalue weighted by Gasteiger charge is 2.40. The lowest BCUT2D eigenvalue weighted by molar-refractivity contribution is -0.138. The smallest absolute Gasteiger partial charge is 0.416 e. The Labute approximate surface area is 157 Å². The second-order valence-corrected chi connectivity index (χ2v) is 6.35. The molecule has 1 unspecified atom stereocenters. The van der Waals surface area contributed by atoms with Crippen LogP contribution in [0, 0.1) is 6.92 Å². The lowest BCUT2D eigenvalue weighted by atomic mass is 9.98. The van der Waals surface area contributed by atoms with Gasteiger partial charge < -0.3 is 14.9 Å². The second-order valence-electron chi connectivity index (χ2n) is 6.35. The molecule has 0 bridgehead atoms. The largest absolute Gasteiger partial charge is 0.460 e. The molecule has 144 valence electrons. The standard InChI is InChI=1S/C19H14F3N3O3/c1-9-6-7-12(27-9)15-14-16(25-18(23)24-15)13(28-17(14)26)8-10-4-2-3-5-11(10)19(20,21)22/h2-7,13H,8H2,1H3,(H2,23,24,25). The van der Waals surface area contributed by atoms with Crippen LogP contribution in [0.15, 0.2) is 40.8 Å². The van der Waals surface area contributed by atoms with E-state index in [-0.39, 0.29) is 34.9 Å². The zero-order chi connectivity index (χ0) is 20.1. The molecule has 0 aliphatic carbocycles. The average Bonchev–Trinajstić information content (AvgIpc) is 3.18. The van der Waals surface area contributed by atoms with Crippen LogP contribution in [0.4, 0.5) is 19.1 Å². The zero-order valence-corrected chi connectivity index (χ0v) is 14.6. The summed E-state index contributed by atoms with van der Waals surface area (Å²) in [7, 11) is 0. The quantitative estimate of drug-likeness (QED) is 0.678. The molecule has 2 aromatic heterocycles. The van der Waals surface area contributed by atoms with E-state index in [2.05, 4.69) is 9.97 Å². The van der Waals surface area contributed by atoms with E-state index in [1.54, 1.807) is 19.1 Å². The van der Waals surface area contributed by atoms with E-state index >= 15 is 0 Å². The van der Waals surface area contributed by atoms with Gasteiger partial charge in [0.2, 0.25) is 5.95 Å². The van der Waals surface area contributed by atoms with Crippen molar-refractivity contribution in [2.24, 2.45) is 0 Å². The monoisotopic (exact) mass is 389 g/mol. The lowest BCUT2D eigenvalue weighted by Gasteiger charge is -2.15. The van der Waals surface area contributed by atoms with Gasteiger partial charge in [-0.1, -0.05) is 18.2 Å². The molecular weight excluding hydrogens is 375 g/mol. The first-order chi connectivity index (χ1) is 13.2. The van der Waals surface area contributed by atoms with Crippen LogP contribution in [-0.2, 0) is 17.3 Å². The van der Waals surface area contributed by atoms with Crippen molar-refractivity contribution in [3.8, 4) is 11.5 Å². The third-order valence-corrected chi connectivity index (χ3v) is 4.41. The summed E-state index contributed by atoms with van der Waals surface area (Å²) in [6.45, 7) is 1.73. The molecule has 0 fully saturated rings. The Bertz CT molecular complexity index is 1080. The highest BCUT2D eigenvalue weighted by atomic mass is 19.4. The maximum Gasteiger partial charge on any atom is 0.416 e.